The molecule has 0 saturated carbocycles. The number of hydrogen-bond acceptors (Lipinski definition) is 4. The lowest BCUT2D eigenvalue weighted by molar-refractivity contribution is 0.0206. The fourth-order valence-corrected chi connectivity index (χ4v) is 3.18. The van der Waals surface area contributed by atoms with E-state index in [0.29, 0.717) is 6.54 Å². The third kappa shape index (κ3) is 5.12. The van der Waals surface area contributed by atoms with Crippen LogP contribution < -0.4 is 10.9 Å². The van der Waals surface area contributed by atoms with Gasteiger partial charge in [0, 0.05) is 42.8 Å². The maximum absolute atomic E-state index is 12.3. The second-order valence-electron chi connectivity index (χ2n) is 7.87. The van der Waals surface area contributed by atoms with Gasteiger partial charge in [-0.1, -0.05) is 6.07 Å². The first kappa shape index (κ1) is 19.0. The Bertz CT molecular complexity index is 837. The molecule has 1 aromatic carbocycles. The molecule has 2 heterocycles. The van der Waals surface area contributed by atoms with Gasteiger partial charge in [0.15, 0.2) is 0 Å². The summed E-state index contributed by atoms with van der Waals surface area (Å²) in [7, 11) is 0. The molecular formula is C21H27N3O3. The number of rotatable bonds is 3. The van der Waals surface area contributed by atoms with E-state index in [1.807, 2.05) is 51.1 Å². The highest BCUT2D eigenvalue weighted by Crippen LogP contribution is 2.19. The number of amides is 1. The maximum Gasteiger partial charge on any atom is 0.410 e. The molecule has 1 amide bonds. The van der Waals surface area contributed by atoms with Crippen LogP contribution >= 0.6 is 0 Å². The minimum absolute atomic E-state index is 0.0570. The molecule has 2 aromatic rings. The molecule has 1 N–H and O–H groups in total. The summed E-state index contributed by atoms with van der Waals surface area (Å²) < 4.78 is 7.08. The first-order chi connectivity index (χ1) is 12.8. The van der Waals surface area contributed by atoms with Gasteiger partial charge in [-0.25, -0.2) is 4.79 Å². The molecule has 1 fully saturated rings. The number of piperidine rings is 1. The van der Waals surface area contributed by atoms with E-state index in [1.165, 1.54) is 0 Å². The van der Waals surface area contributed by atoms with Crippen molar-refractivity contribution in [3.05, 3.63) is 59.0 Å². The Balaban J connectivity index is 1.62. The number of ether oxygens (including phenoxy) is 1. The van der Waals surface area contributed by atoms with Crippen LogP contribution in [0.3, 0.4) is 0 Å². The van der Waals surface area contributed by atoms with Gasteiger partial charge in [0.1, 0.15) is 5.60 Å². The zero-order valence-electron chi connectivity index (χ0n) is 16.1. The molecule has 1 aliphatic rings. The largest absolute Gasteiger partial charge is 0.444 e. The third-order valence-electron chi connectivity index (χ3n) is 4.41. The second-order valence-corrected chi connectivity index (χ2v) is 7.87. The molecule has 0 aliphatic carbocycles. The Morgan fingerprint density at radius 1 is 1.15 bits per heavy atom. The van der Waals surface area contributed by atoms with Crippen molar-refractivity contribution in [2.75, 3.05) is 18.4 Å². The average Bonchev–Trinajstić information content (AvgIpc) is 2.62. The van der Waals surface area contributed by atoms with Gasteiger partial charge < -0.3 is 15.0 Å². The van der Waals surface area contributed by atoms with E-state index in [-0.39, 0.29) is 17.7 Å². The summed E-state index contributed by atoms with van der Waals surface area (Å²) in [6.07, 6.45) is 3.44. The number of nitrogens with one attached hydrogen (secondary N) is 1. The summed E-state index contributed by atoms with van der Waals surface area (Å²) in [5.41, 5.74) is 1.26. The number of anilines is 1. The van der Waals surface area contributed by atoms with Gasteiger partial charge in [0.05, 0.1) is 0 Å². The molecular weight excluding hydrogens is 342 g/mol. The molecule has 0 radical (unpaired) electrons. The summed E-state index contributed by atoms with van der Waals surface area (Å²) in [6.45, 7) is 6.98. The van der Waals surface area contributed by atoms with Crippen LogP contribution in [0.15, 0.2) is 53.5 Å². The Morgan fingerprint density at radius 3 is 2.56 bits per heavy atom. The molecule has 144 valence electrons. The normalized spacial score (nSPS) is 17.4. The van der Waals surface area contributed by atoms with Crippen molar-refractivity contribution in [2.24, 2.45) is 0 Å². The van der Waals surface area contributed by atoms with E-state index >= 15 is 0 Å². The number of hydrogen-bond donors (Lipinski definition) is 1. The molecule has 1 saturated heterocycles. The third-order valence-corrected chi connectivity index (χ3v) is 4.41. The summed E-state index contributed by atoms with van der Waals surface area (Å²) in [4.78, 5) is 26.0. The van der Waals surface area contributed by atoms with Crippen molar-refractivity contribution in [2.45, 2.75) is 45.3 Å². The number of benzene rings is 1. The Kier molecular flexibility index (Phi) is 5.54. The molecule has 6 nitrogen and oxygen atoms in total. The standard InChI is InChI=1S/C21H27N3O3/c1-21(2,3)27-20(26)23-13-6-7-17(15-23)22-16-9-11-18(12-10-16)24-14-5-4-8-19(24)25/h4-5,8-12,14,17,22H,6-7,13,15H2,1-3H3. The lowest BCUT2D eigenvalue weighted by atomic mass is 10.1. The summed E-state index contributed by atoms with van der Waals surface area (Å²) in [5, 5.41) is 3.49. The van der Waals surface area contributed by atoms with Gasteiger partial charge in [-0.2, -0.15) is 0 Å². The maximum atomic E-state index is 12.3. The van der Waals surface area contributed by atoms with Gasteiger partial charge in [0.2, 0.25) is 0 Å². The zero-order valence-corrected chi connectivity index (χ0v) is 16.1. The molecule has 0 spiro atoms. The molecule has 1 aliphatic heterocycles. The predicted octanol–water partition coefficient (Wildman–Crippen LogP) is 3.65. The topological polar surface area (TPSA) is 63.6 Å². The summed E-state index contributed by atoms with van der Waals surface area (Å²) in [5.74, 6) is 0. The highest BCUT2D eigenvalue weighted by molar-refractivity contribution is 5.68. The number of likely N-dealkylation sites (tertiary alicyclic amines) is 1. The van der Waals surface area contributed by atoms with E-state index in [4.69, 9.17) is 4.74 Å². The van der Waals surface area contributed by atoms with Crippen LogP contribution in [-0.2, 0) is 4.74 Å². The molecule has 1 atom stereocenters. The van der Waals surface area contributed by atoms with Crippen LogP contribution in [0.4, 0.5) is 10.5 Å². The molecule has 1 aromatic heterocycles. The monoisotopic (exact) mass is 369 g/mol. The predicted molar refractivity (Wildman–Crippen MR) is 106 cm³/mol. The van der Waals surface area contributed by atoms with E-state index in [1.54, 1.807) is 27.8 Å². The van der Waals surface area contributed by atoms with E-state index in [2.05, 4.69) is 5.32 Å². The first-order valence-electron chi connectivity index (χ1n) is 9.34. The minimum Gasteiger partial charge on any atom is -0.444 e. The van der Waals surface area contributed by atoms with Crippen LogP contribution in [0.5, 0.6) is 0 Å². The lowest BCUT2D eigenvalue weighted by Gasteiger charge is -2.34. The second kappa shape index (κ2) is 7.86. The van der Waals surface area contributed by atoms with Crippen molar-refractivity contribution in [3.63, 3.8) is 0 Å². The SMILES string of the molecule is CC(C)(C)OC(=O)N1CCCC(Nc2ccc(-n3ccccc3=O)cc2)C1. The fraction of sp³-hybridized carbons (Fsp3) is 0.429. The van der Waals surface area contributed by atoms with Crippen LogP contribution in [0, 0.1) is 0 Å². The highest BCUT2D eigenvalue weighted by Gasteiger charge is 2.27. The smallest absolute Gasteiger partial charge is 0.410 e. The Morgan fingerprint density at radius 2 is 1.89 bits per heavy atom. The number of pyridine rings is 1. The van der Waals surface area contributed by atoms with Gasteiger partial charge in [0.25, 0.3) is 5.56 Å². The summed E-state index contributed by atoms with van der Waals surface area (Å²) in [6, 6.07) is 13.0. The highest BCUT2D eigenvalue weighted by atomic mass is 16.6. The molecule has 27 heavy (non-hydrogen) atoms. The molecule has 6 heteroatoms. The Labute approximate surface area is 159 Å². The lowest BCUT2D eigenvalue weighted by Crippen LogP contribution is -2.46. The van der Waals surface area contributed by atoms with Crippen LogP contribution in [0.25, 0.3) is 5.69 Å². The summed E-state index contributed by atoms with van der Waals surface area (Å²) >= 11 is 0. The number of aromatic nitrogens is 1. The van der Waals surface area contributed by atoms with Crippen molar-refractivity contribution in [1.82, 2.24) is 9.47 Å². The van der Waals surface area contributed by atoms with Gasteiger partial charge in [-0.05, 0) is 63.9 Å². The number of carbonyl (C=O) groups excluding carboxylic acids is 1. The average molecular weight is 369 g/mol. The van der Waals surface area contributed by atoms with Crippen molar-refractivity contribution in [3.8, 4) is 5.69 Å². The molecule has 0 bridgehead atoms. The zero-order chi connectivity index (χ0) is 19.4. The Hall–Kier alpha value is -2.76. The van der Waals surface area contributed by atoms with E-state index < -0.39 is 5.60 Å². The van der Waals surface area contributed by atoms with E-state index in [0.717, 1.165) is 30.8 Å². The molecule has 3 rings (SSSR count). The minimum atomic E-state index is -0.483. The van der Waals surface area contributed by atoms with Crippen molar-refractivity contribution < 1.29 is 9.53 Å². The van der Waals surface area contributed by atoms with Gasteiger partial charge in [-0.15, -0.1) is 0 Å². The quantitative estimate of drug-likeness (QED) is 0.897. The van der Waals surface area contributed by atoms with E-state index in [9.17, 15) is 9.59 Å². The molecule has 1 unspecified atom stereocenters. The van der Waals surface area contributed by atoms with Crippen molar-refractivity contribution >= 4 is 11.8 Å². The number of carbonyl (C=O) groups is 1. The van der Waals surface area contributed by atoms with Gasteiger partial charge >= 0.3 is 6.09 Å². The van der Waals surface area contributed by atoms with Gasteiger partial charge in [-0.3, -0.25) is 9.36 Å². The number of nitrogens with zero attached hydrogens (tertiary/aromatic N) is 2. The first-order valence-corrected chi connectivity index (χ1v) is 9.34. The fourth-order valence-electron chi connectivity index (χ4n) is 3.18. The van der Waals surface area contributed by atoms with Crippen LogP contribution in [0.2, 0.25) is 0 Å². The van der Waals surface area contributed by atoms with Crippen LogP contribution in [0.1, 0.15) is 33.6 Å². The van der Waals surface area contributed by atoms with Crippen LogP contribution in [-0.4, -0.2) is 40.3 Å². The van der Waals surface area contributed by atoms with Crippen molar-refractivity contribution in [1.29, 1.82) is 0 Å².